The highest BCUT2D eigenvalue weighted by Gasteiger charge is 2.20. The maximum atomic E-state index is 11.1. The largest absolute Gasteiger partial charge is 0.393 e. The summed E-state index contributed by atoms with van der Waals surface area (Å²) in [7, 11) is 0. The van der Waals surface area contributed by atoms with Crippen molar-refractivity contribution >= 4 is 23.1 Å². The van der Waals surface area contributed by atoms with Crippen LogP contribution in [0.1, 0.15) is 13.8 Å². The molecular formula is C10H19N3OS. The standard InChI is InChI=1S/C10H19N3OS/c1-8(10(11)15)7-12-3-5-13(6-4-12)9(2)14/h8H,3-7H2,1-2H3,(H2,11,15). The monoisotopic (exact) mass is 229 g/mol. The SMILES string of the molecule is CC(=O)N1CCN(CC(C)C(N)=S)CC1. The first kappa shape index (κ1) is 12.4. The molecule has 5 heteroatoms. The van der Waals surface area contributed by atoms with Gasteiger partial charge in [0.15, 0.2) is 0 Å². The lowest BCUT2D eigenvalue weighted by molar-refractivity contribution is -0.130. The van der Waals surface area contributed by atoms with Crippen LogP contribution >= 0.6 is 12.2 Å². The molecule has 0 aromatic rings. The fourth-order valence-electron chi connectivity index (χ4n) is 1.72. The van der Waals surface area contributed by atoms with Crippen LogP contribution in [0.4, 0.5) is 0 Å². The van der Waals surface area contributed by atoms with E-state index in [-0.39, 0.29) is 11.8 Å². The second kappa shape index (κ2) is 5.42. The zero-order valence-electron chi connectivity index (χ0n) is 9.40. The summed E-state index contributed by atoms with van der Waals surface area (Å²) < 4.78 is 0. The van der Waals surface area contributed by atoms with Crippen molar-refractivity contribution in [2.45, 2.75) is 13.8 Å². The lowest BCUT2D eigenvalue weighted by Gasteiger charge is -2.35. The van der Waals surface area contributed by atoms with Crippen LogP contribution in [0, 0.1) is 5.92 Å². The molecule has 0 bridgehead atoms. The Hall–Kier alpha value is -0.680. The first-order valence-electron chi connectivity index (χ1n) is 5.28. The Morgan fingerprint density at radius 1 is 1.40 bits per heavy atom. The zero-order chi connectivity index (χ0) is 11.4. The molecule has 1 unspecified atom stereocenters. The van der Waals surface area contributed by atoms with Gasteiger partial charge in [-0.3, -0.25) is 9.69 Å². The van der Waals surface area contributed by atoms with Crippen molar-refractivity contribution in [2.24, 2.45) is 11.7 Å². The van der Waals surface area contributed by atoms with Gasteiger partial charge in [0.05, 0.1) is 4.99 Å². The van der Waals surface area contributed by atoms with E-state index in [1.165, 1.54) is 0 Å². The summed E-state index contributed by atoms with van der Waals surface area (Å²) in [4.78, 5) is 15.9. The van der Waals surface area contributed by atoms with E-state index in [1.54, 1.807) is 6.92 Å². The number of thiocarbonyl (C=S) groups is 1. The number of carbonyl (C=O) groups excluding carboxylic acids is 1. The Morgan fingerprint density at radius 3 is 2.33 bits per heavy atom. The molecule has 0 aromatic carbocycles. The minimum atomic E-state index is 0.164. The maximum Gasteiger partial charge on any atom is 0.219 e. The summed E-state index contributed by atoms with van der Waals surface area (Å²) in [5.74, 6) is 0.418. The number of nitrogens with two attached hydrogens (primary N) is 1. The molecule has 1 saturated heterocycles. The van der Waals surface area contributed by atoms with E-state index in [0.29, 0.717) is 4.99 Å². The Morgan fingerprint density at radius 2 is 1.93 bits per heavy atom. The van der Waals surface area contributed by atoms with Gasteiger partial charge in [0.1, 0.15) is 0 Å². The van der Waals surface area contributed by atoms with Gasteiger partial charge >= 0.3 is 0 Å². The highest BCUT2D eigenvalue weighted by atomic mass is 32.1. The summed E-state index contributed by atoms with van der Waals surface area (Å²) >= 11 is 4.94. The van der Waals surface area contributed by atoms with Gasteiger partial charge in [-0.1, -0.05) is 19.1 Å². The number of nitrogens with zero attached hydrogens (tertiary/aromatic N) is 2. The van der Waals surface area contributed by atoms with Gasteiger partial charge in [-0.25, -0.2) is 0 Å². The lowest BCUT2D eigenvalue weighted by Crippen LogP contribution is -2.49. The number of rotatable bonds is 3. The summed E-state index contributed by atoms with van der Waals surface area (Å²) in [6.07, 6.45) is 0. The number of hydrogen-bond acceptors (Lipinski definition) is 3. The molecule has 0 saturated carbocycles. The van der Waals surface area contributed by atoms with E-state index >= 15 is 0 Å². The fraction of sp³-hybridized carbons (Fsp3) is 0.800. The van der Waals surface area contributed by atoms with Crippen LogP contribution in [0.15, 0.2) is 0 Å². The van der Waals surface area contributed by atoms with Gasteiger partial charge in [-0.2, -0.15) is 0 Å². The Labute approximate surface area is 96.4 Å². The Kier molecular flexibility index (Phi) is 4.47. The molecule has 86 valence electrons. The first-order chi connectivity index (χ1) is 7.00. The van der Waals surface area contributed by atoms with Crippen LogP contribution in [-0.2, 0) is 4.79 Å². The average Bonchev–Trinajstić information content (AvgIpc) is 2.18. The fourth-order valence-corrected chi connectivity index (χ4v) is 1.80. The van der Waals surface area contributed by atoms with Gasteiger partial charge in [-0.15, -0.1) is 0 Å². The van der Waals surface area contributed by atoms with Crippen LogP contribution in [0.2, 0.25) is 0 Å². The van der Waals surface area contributed by atoms with Gasteiger partial charge in [0.2, 0.25) is 5.91 Å². The predicted molar refractivity (Wildman–Crippen MR) is 64.6 cm³/mol. The molecule has 4 nitrogen and oxygen atoms in total. The quantitative estimate of drug-likeness (QED) is 0.696. The molecule has 0 spiro atoms. The lowest BCUT2D eigenvalue weighted by atomic mass is 10.1. The number of amides is 1. The predicted octanol–water partition coefficient (Wildman–Crippen LogP) is 0.0727. The molecular weight excluding hydrogens is 210 g/mol. The smallest absolute Gasteiger partial charge is 0.219 e. The van der Waals surface area contributed by atoms with Gasteiger partial charge in [-0.05, 0) is 0 Å². The molecule has 2 N–H and O–H groups in total. The summed E-state index contributed by atoms with van der Waals surface area (Å²) in [5, 5.41) is 0. The molecule has 0 radical (unpaired) electrons. The van der Waals surface area contributed by atoms with E-state index in [9.17, 15) is 4.79 Å². The van der Waals surface area contributed by atoms with Crippen LogP contribution in [0.25, 0.3) is 0 Å². The van der Waals surface area contributed by atoms with E-state index < -0.39 is 0 Å². The molecule has 1 atom stereocenters. The van der Waals surface area contributed by atoms with Gasteiger partial charge < -0.3 is 10.6 Å². The van der Waals surface area contributed by atoms with Crippen molar-refractivity contribution in [3.8, 4) is 0 Å². The normalized spacial score (nSPS) is 20.0. The first-order valence-corrected chi connectivity index (χ1v) is 5.68. The second-order valence-electron chi connectivity index (χ2n) is 4.11. The van der Waals surface area contributed by atoms with E-state index in [4.69, 9.17) is 18.0 Å². The minimum Gasteiger partial charge on any atom is -0.393 e. The molecule has 1 fully saturated rings. The Balaban J connectivity index is 2.31. The van der Waals surface area contributed by atoms with Crippen molar-refractivity contribution in [2.75, 3.05) is 32.7 Å². The summed E-state index contributed by atoms with van der Waals surface area (Å²) in [6, 6.07) is 0. The highest BCUT2D eigenvalue weighted by Crippen LogP contribution is 2.06. The van der Waals surface area contributed by atoms with Crippen LogP contribution in [0.5, 0.6) is 0 Å². The molecule has 15 heavy (non-hydrogen) atoms. The van der Waals surface area contributed by atoms with Crippen LogP contribution in [0.3, 0.4) is 0 Å². The third kappa shape index (κ3) is 3.76. The molecule has 0 aromatic heterocycles. The zero-order valence-corrected chi connectivity index (χ0v) is 10.2. The maximum absolute atomic E-state index is 11.1. The highest BCUT2D eigenvalue weighted by molar-refractivity contribution is 7.80. The molecule has 1 amide bonds. The third-order valence-electron chi connectivity index (χ3n) is 2.84. The minimum absolute atomic E-state index is 0.164. The molecule has 1 heterocycles. The topological polar surface area (TPSA) is 49.6 Å². The van der Waals surface area contributed by atoms with Crippen molar-refractivity contribution in [3.63, 3.8) is 0 Å². The second-order valence-corrected chi connectivity index (χ2v) is 4.58. The molecule has 1 rings (SSSR count). The van der Waals surface area contributed by atoms with E-state index in [0.717, 1.165) is 32.7 Å². The van der Waals surface area contributed by atoms with E-state index in [1.807, 2.05) is 11.8 Å². The third-order valence-corrected chi connectivity index (χ3v) is 3.24. The van der Waals surface area contributed by atoms with Gasteiger partial charge in [0, 0.05) is 45.6 Å². The molecule has 0 aliphatic carbocycles. The van der Waals surface area contributed by atoms with Crippen molar-refractivity contribution in [1.82, 2.24) is 9.80 Å². The Bertz CT molecular complexity index is 249. The number of carbonyl (C=O) groups is 1. The van der Waals surface area contributed by atoms with Crippen molar-refractivity contribution < 1.29 is 4.79 Å². The van der Waals surface area contributed by atoms with Crippen molar-refractivity contribution in [1.29, 1.82) is 0 Å². The van der Waals surface area contributed by atoms with Crippen LogP contribution < -0.4 is 5.73 Å². The van der Waals surface area contributed by atoms with Gasteiger partial charge in [0.25, 0.3) is 0 Å². The summed E-state index contributed by atoms with van der Waals surface area (Å²) in [5.41, 5.74) is 5.57. The van der Waals surface area contributed by atoms with Crippen LogP contribution in [-0.4, -0.2) is 53.4 Å². The summed E-state index contributed by atoms with van der Waals surface area (Å²) in [6.45, 7) is 8.05. The average molecular weight is 229 g/mol. The molecule has 1 aliphatic heterocycles. The van der Waals surface area contributed by atoms with E-state index in [2.05, 4.69) is 4.90 Å². The van der Waals surface area contributed by atoms with Crippen molar-refractivity contribution in [3.05, 3.63) is 0 Å². The molecule has 1 aliphatic rings. The number of piperazine rings is 1. The number of hydrogen-bond donors (Lipinski definition) is 1.